The molecule has 0 amide bonds. The van der Waals surface area contributed by atoms with Gasteiger partial charge in [-0.2, -0.15) is 0 Å². The van der Waals surface area contributed by atoms with Crippen LogP contribution in [-0.2, 0) is 5.75 Å². The lowest BCUT2D eigenvalue weighted by Gasteiger charge is -2.05. The lowest BCUT2D eigenvalue weighted by atomic mass is 10.2. The minimum Gasteiger partial charge on any atom is -0.396 e. The smallest absolute Gasteiger partial charge is 0.150 e. The summed E-state index contributed by atoms with van der Waals surface area (Å²) in [6.07, 6.45) is 0. The van der Waals surface area contributed by atoms with Gasteiger partial charge in [-0.3, -0.25) is 0 Å². The third kappa shape index (κ3) is 2.55. The number of hydrogen-bond donors (Lipinski definition) is 1. The molecule has 0 bridgehead atoms. The highest BCUT2D eigenvalue weighted by Gasteiger charge is 2.05. The molecule has 0 aliphatic carbocycles. The van der Waals surface area contributed by atoms with Gasteiger partial charge in [0.2, 0.25) is 0 Å². The maximum atomic E-state index is 13.6. The largest absolute Gasteiger partial charge is 0.396 e. The fourth-order valence-electron chi connectivity index (χ4n) is 1.39. The van der Waals surface area contributed by atoms with Crippen LogP contribution in [0.5, 0.6) is 0 Å². The lowest BCUT2D eigenvalue weighted by molar-refractivity contribution is 0.622. The van der Waals surface area contributed by atoms with Crippen LogP contribution < -0.4 is 5.73 Å². The molecule has 0 saturated heterocycles. The first kappa shape index (κ1) is 11.0. The standard InChI is InChI=1S/C13H12FNS/c14-13-10(5-4-8-12(13)15)9-16-11-6-2-1-3-7-11/h1-8H,9,15H2. The predicted octanol–water partition coefficient (Wildman–Crippen LogP) is 3.70. The topological polar surface area (TPSA) is 26.0 Å². The summed E-state index contributed by atoms with van der Waals surface area (Å²) in [6, 6.07) is 15.0. The molecule has 2 N–H and O–H groups in total. The quantitative estimate of drug-likeness (QED) is 0.646. The summed E-state index contributed by atoms with van der Waals surface area (Å²) < 4.78 is 13.6. The van der Waals surface area contributed by atoms with Crippen LogP contribution >= 0.6 is 11.8 Å². The summed E-state index contributed by atoms with van der Waals surface area (Å²) in [6.45, 7) is 0. The minimum atomic E-state index is -0.300. The van der Waals surface area contributed by atoms with Crippen LogP contribution in [0, 0.1) is 5.82 Å². The van der Waals surface area contributed by atoms with E-state index in [0.29, 0.717) is 11.3 Å². The number of thioether (sulfide) groups is 1. The summed E-state index contributed by atoms with van der Waals surface area (Å²) >= 11 is 1.60. The minimum absolute atomic E-state index is 0.214. The first-order valence-corrected chi connectivity index (χ1v) is 5.96. The van der Waals surface area contributed by atoms with Crippen LogP contribution in [0.1, 0.15) is 5.56 Å². The highest BCUT2D eigenvalue weighted by atomic mass is 32.2. The Hall–Kier alpha value is -1.48. The highest BCUT2D eigenvalue weighted by molar-refractivity contribution is 7.98. The van der Waals surface area contributed by atoms with Gasteiger partial charge in [-0.25, -0.2) is 4.39 Å². The zero-order valence-corrected chi connectivity index (χ0v) is 9.51. The fourth-order valence-corrected chi connectivity index (χ4v) is 2.28. The van der Waals surface area contributed by atoms with Gasteiger partial charge in [-0.15, -0.1) is 11.8 Å². The van der Waals surface area contributed by atoms with Gasteiger partial charge in [-0.1, -0.05) is 30.3 Å². The number of nitrogens with two attached hydrogens (primary N) is 1. The van der Waals surface area contributed by atoms with Gasteiger partial charge in [-0.05, 0) is 18.2 Å². The second-order valence-electron chi connectivity index (χ2n) is 3.42. The molecule has 0 aromatic heterocycles. The lowest BCUT2D eigenvalue weighted by Crippen LogP contribution is -1.94. The van der Waals surface area contributed by atoms with Crippen LogP contribution in [-0.4, -0.2) is 0 Å². The molecule has 16 heavy (non-hydrogen) atoms. The molecule has 0 aliphatic rings. The van der Waals surface area contributed by atoms with E-state index in [1.165, 1.54) is 0 Å². The van der Waals surface area contributed by atoms with Crippen LogP contribution in [0.3, 0.4) is 0 Å². The molecule has 0 unspecified atom stereocenters. The Balaban J connectivity index is 2.08. The number of rotatable bonds is 3. The molecule has 0 atom stereocenters. The van der Waals surface area contributed by atoms with Crippen molar-refractivity contribution in [3.8, 4) is 0 Å². The van der Waals surface area contributed by atoms with Crippen molar-refractivity contribution >= 4 is 17.4 Å². The van der Waals surface area contributed by atoms with Gasteiger partial charge in [0.25, 0.3) is 0 Å². The molecule has 0 aliphatic heterocycles. The zero-order chi connectivity index (χ0) is 11.4. The maximum Gasteiger partial charge on any atom is 0.150 e. The summed E-state index contributed by atoms with van der Waals surface area (Å²) in [5.41, 5.74) is 6.37. The second-order valence-corrected chi connectivity index (χ2v) is 4.47. The van der Waals surface area contributed by atoms with E-state index in [1.54, 1.807) is 30.0 Å². The van der Waals surface area contributed by atoms with Crippen LogP contribution in [0.25, 0.3) is 0 Å². The molecule has 0 spiro atoms. The molecule has 0 radical (unpaired) electrons. The van der Waals surface area contributed by atoms with Crippen molar-refractivity contribution in [2.24, 2.45) is 0 Å². The van der Waals surface area contributed by atoms with Gasteiger partial charge >= 0.3 is 0 Å². The highest BCUT2D eigenvalue weighted by Crippen LogP contribution is 2.25. The first-order chi connectivity index (χ1) is 7.77. The van der Waals surface area contributed by atoms with Crippen molar-refractivity contribution in [3.05, 3.63) is 59.9 Å². The Morgan fingerprint density at radius 1 is 1.00 bits per heavy atom. The molecular weight excluding hydrogens is 221 g/mol. The molecule has 2 rings (SSSR count). The molecular formula is C13H12FNS. The van der Waals surface area contributed by atoms with Gasteiger partial charge in [0, 0.05) is 16.2 Å². The summed E-state index contributed by atoms with van der Waals surface area (Å²) in [5.74, 6) is 0.298. The summed E-state index contributed by atoms with van der Waals surface area (Å²) in [4.78, 5) is 1.13. The van der Waals surface area contributed by atoms with E-state index in [-0.39, 0.29) is 11.5 Å². The zero-order valence-electron chi connectivity index (χ0n) is 8.69. The van der Waals surface area contributed by atoms with E-state index in [0.717, 1.165) is 4.90 Å². The van der Waals surface area contributed by atoms with Crippen molar-refractivity contribution in [2.75, 3.05) is 5.73 Å². The van der Waals surface area contributed by atoms with Crippen LogP contribution in [0.2, 0.25) is 0 Å². The third-order valence-corrected chi connectivity index (χ3v) is 3.31. The molecule has 82 valence electrons. The number of benzene rings is 2. The van der Waals surface area contributed by atoms with E-state index < -0.39 is 0 Å². The molecule has 1 nitrogen and oxygen atoms in total. The van der Waals surface area contributed by atoms with Crippen molar-refractivity contribution in [3.63, 3.8) is 0 Å². The van der Waals surface area contributed by atoms with Crippen molar-refractivity contribution in [2.45, 2.75) is 10.6 Å². The van der Waals surface area contributed by atoms with Crippen molar-refractivity contribution in [1.29, 1.82) is 0 Å². The van der Waals surface area contributed by atoms with Crippen LogP contribution in [0.4, 0.5) is 10.1 Å². The van der Waals surface area contributed by atoms with Gasteiger partial charge < -0.3 is 5.73 Å². The number of hydrogen-bond acceptors (Lipinski definition) is 2. The van der Waals surface area contributed by atoms with Crippen molar-refractivity contribution in [1.82, 2.24) is 0 Å². The van der Waals surface area contributed by atoms with E-state index in [2.05, 4.69) is 0 Å². The first-order valence-electron chi connectivity index (χ1n) is 4.98. The monoisotopic (exact) mass is 233 g/mol. The van der Waals surface area contributed by atoms with Crippen LogP contribution in [0.15, 0.2) is 53.4 Å². The second kappa shape index (κ2) is 5.03. The maximum absolute atomic E-state index is 13.6. The summed E-state index contributed by atoms with van der Waals surface area (Å²) in [7, 11) is 0. The SMILES string of the molecule is Nc1cccc(CSc2ccccc2)c1F. The summed E-state index contributed by atoms with van der Waals surface area (Å²) in [5, 5.41) is 0. The number of nitrogen functional groups attached to an aromatic ring is 1. The molecule has 2 aromatic carbocycles. The Morgan fingerprint density at radius 2 is 1.75 bits per heavy atom. The average Bonchev–Trinajstić information content (AvgIpc) is 2.32. The normalized spacial score (nSPS) is 10.3. The Kier molecular flexibility index (Phi) is 3.47. The van der Waals surface area contributed by atoms with Gasteiger partial charge in [0.1, 0.15) is 5.82 Å². The predicted molar refractivity (Wildman–Crippen MR) is 66.8 cm³/mol. The molecule has 0 saturated carbocycles. The Bertz CT molecular complexity index is 471. The Morgan fingerprint density at radius 3 is 2.50 bits per heavy atom. The average molecular weight is 233 g/mol. The van der Waals surface area contributed by atoms with Gasteiger partial charge in [0.05, 0.1) is 5.69 Å². The van der Waals surface area contributed by atoms with E-state index in [1.807, 2.05) is 30.3 Å². The molecule has 0 fully saturated rings. The molecule has 2 aromatic rings. The molecule has 0 heterocycles. The van der Waals surface area contributed by atoms with E-state index in [4.69, 9.17) is 5.73 Å². The van der Waals surface area contributed by atoms with Gasteiger partial charge in [0.15, 0.2) is 0 Å². The van der Waals surface area contributed by atoms with E-state index in [9.17, 15) is 4.39 Å². The van der Waals surface area contributed by atoms with Crippen molar-refractivity contribution < 1.29 is 4.39 Å². The number of halogens is 1. The fraction of sp³-hybridized carbons (Fsp3) is 0.0769. The third-order valence-electron chi connectivity index (χ3n) is 2.25. The molecule has 3 heteroatoms. The Labute approximate surface area is 98.5 Å². The van der Waals surface area contributed by atoms with E-state index >= 15 is 0 Å². The number of anilines is 1.